The van der Waals surface area contributed by atoms with E-state index >= 15 is 0 Å². The second-order valence-corrected chi connectivity index (χ2v) is 7.55. The van der Waals surface area contributed by atoms with Gasteiger partial charge in [0.2, 0.25) is 17.8 Å². The lowest BCUT2D eigenvalue weighted by Gasteiger charge is -2.20. The van der Waals surface area contributed by atoms with Crippen molar-refractivity contribution in [2.45, 2.75) is 77.0 Å². The molecule has 0 spiro atoms. The van der Waals surface area contributed by atoms with E-state index in [4.69, 9.17) is 0 Å². The summed E-state index contributed by atoms with van der Waals surface area (Å²) < 4.78 is 0. The zero-order valence-electron chi connectivity index (χ0n) is 15.0. The fourth-order valence-electron chi connectivity index (χ4n) is 4.25. The monoisotopic (exact) mass is 343 g/mol. The Bertz CT molecular complexity index is 532. The number of anilines is 1. The van der Waals surface area contributed by atoms with Crippen LogP contribution >= 0.6 is 0 Å². The molecule has 0 atom stereocenters. The van der Waals surface area contributed by atoms with Gasteiger partial charge in [0.25, 0.3) is 0 Å². The molecule has 2 aliphatic rings. The maximum absolute atomic E-state index is 12.8. The fraction of sp³-hybridized carbons (Fsp3) is 0.700. The number of carbonyl (C=O) groups excluding carboxylic acids is 2. The molecular formula is C20H29N3O2. The number of hydrogen-bond acceptors (Lipinski definition) is 4. The van der Waals surface area contributed by atoms with Gasteiger partial charge in [-0.3, -0.25) is 9.59 Å². The van der Waals surface area contributed by atoms with Crippen molar-refractivity contribution in [3.8, 4) is 0 Å². The number of rotatable bonds is 7. The molecular weight excluding hydrogens is 314 g/mol. The van der Waals surface area contributed by atoms with Crippen LogP contribution < -0.4 is 4.90 Å². The smallest absolute Gasteiger partial charge is 0.239 e. The average Bonchev–Trinajstić information content (AvgIpc) is 3.33. The van der Waals surface area contributed by atoms with Gasteiger partial charge in [0.05, 0.1) is 0 Å². The van der Waals surface area contributed by atoms with Gasteiger partial charge in [-0.05, 0) is 30.7 Å². The molecule has 0 radical (unpaired) electrons. The summed E-state index contributed by atoms with van der Waals surface area (Å²) in [5.41, 5.74) is 0. The van der Waals surface area contributed by atoms with Crippen molar-refractivity contribution in [1.82, 2.24) is 9.97 Å². The van der Waals surface area contributed by atoms with E-state index in [1.165, 1.54) is 56.3 Å². The van der Waals surface area contributed by atoms with Crippen LogP contribution in [0.2, 0.25) is 0 Å². The van der Waals surface area contributed by atoms with Crippen LogP contribution in [0.5, 0.6) is 0 Å². The number of nitrogens with zero attached hydrogens (tertiary/aromatic N) is 3. The quantitative estimate of drug-likeness (QED) is 0.741. The largest absolute Gasteiger partial charge is 0.274 e. The van der Waals surface area contributed by atoms with Crippen molar-refractivity contribution in [2.24, 2.45) is 11.8 Å². The van der Waals surface area contributed by atoms with Crippen LogP contribution in [0.25, 0.3) is 0 Å². The van der Waals surface area contributed by atoms with Crippen LogP contribution in [0.4, 0.5) is 5.95 Å². The van der Waals surface area contributed by atoms with Gasteiger partial charge in [-0.15, -0.1) is 0 Å². The highest BCUT2D eigenvalue weighted by Gasteiger charge is 2.27. The van der Waals surface area contributed by atoms with Crippen molar-refractivity contribution in [1.29, 1.82) is 0 Å². The van der Waals surface area contributed by atoms with E-state index in [2.05, 4.69) is 9.97 Å². The van der Waals surface area contributed by atoms with Crippen LogP contribution in [0, 0.1) is 11.8 Å². The van der Waals surface area contributed by atoms with E-state index in [-0.39, 0.29) is 17.8 Å². The van der Waals surface area contributed by atoms with Gasteiger partial charge in [0.15, 0.2) is 0 Å². The molecule has 136 valence electrons. The van der Waals surface area contributed by atoms with Gasteiger partial charge in [-0.2, -0.15) is 0 Å². The van der Waals surface area contributed by atoms with Crippen LogP contribution in [0.1, 0.15) is 77.0 Å². The third kappa shape index (κ3) is 5.10. The summed E-state index contributed by atoms with van der Waals surface area (Å²) in [4.78, 5) is 35.1. The third-order valence-corrected chi connectivity index (χ3v) is 5.73. The van der Waals surface area contributed by atoms with E-state index in [1.54, 1.807) is 18.5 Å². The number of imide groups is 1. The number of hydrogen-bond donors (Lipinski definition) is 0. The predicted octanol–water partition coefficient (Wildman–Crippen LogP) is 4.28. The van der Waals surface area contributed by atoms with Gasteiger partial charge in [-0.1, -0.05) is 51.4 Å². The maximum atomic E-state index is 12.8. The molecule has 2 saturated carbocycles. The molecule has 0 aliphatic heterocycles. The molecule has 2 aliphatic carbocycles. The first kappa shape index (κ1) is 18.0. The van der Waals surface area contributed by atoms with Crippen LogP contribution in [-0.2, 0) is 9.59 Å². The first-order chi connectivity index (χ1) is 12.2. The summed E-state index contributed by atoms with van der Waals surface area (Å²) in [6, 6.07) is 1.70. The minimum Gasteiger partial charge on any atom is -0.274 e. The predicted molar refractivity (Wildman–Crippen MR) is 96.9 cm³/mol. The summed E-state index contributed by atoms with van der Waals surface area (Å²) in [7, 11) is 0. The molecule has 0 unspecified atom stereocenters. The zero-order chi connectivity index (χ0) is 17.5. The Hall–Kier alpha value is -1.78. The van der Waals surface area contributed by atoms with Crippen LogP contribution in [-0.4, -0.2) is 21.8 Å². The number of aromatic nitrogens is 2. The molecule has 0 aromatic carbocycles. The SMILES string of the molecule is O=C(CCC1CCCC1)N(C(=O)CCC1CCCC1)c1ncccn1. The molecule has 25 heavy (non-hydrogen) atoms. The maximum Gasteiger partial charge on any atom is 0.239 e. The lowest BCUT2D eigenvalue weighted by molar-refractivity contribution is -0.127. The minimum absolute atomic E-state index is 0.144. The molecule has 2 fully saturated rings. The lowest BCUT2D eigenvalue weighted by Crippen LogP contribution is -2.38. The van der Waals surface area contributed by atoms with Gasteiger partial charge < -0.3 is 0 Å². The first-order valence-corrected chi connectivity index (χ1v) is 9.87. The topological polar surface area (TPSA) is 63.2 Å². The first-order valence-electron chi connectivity index (χ1n) is 9.87. The van der Waals surface area contributed by atoms with E-state index in [0.717, 1.165) is 12.8 Å². The van der Waals surface area contributed by atoms with Gasteiger partial charge in [-0.25, -0.2) is 14.9 Å². The highest BCUT2D eigenvalue weighted by atomic mass is 16.2. The molecule has 2 amide bonds. The summed E-state index contributed by atoms with van der Waals surface area (Å²) in [5.74, 6) is 1.21. The molecule has 3 rings (SSSR count). The zero-order valence-corrected chi connectivity index (χ0v) is 15.0. The van der Waals surface area contributed by atoms with Crippen molar-refractivity contribution >= 4 is 17.8 Å². The highest BCUT2D eigenvalue weighted by molar-refractivity contribution is 6.13. The van der Waals surface area contributed by atoms with Gasteiger partial charge >= 0.3 is 0 Å². The minimum atomic E-state index is -0.144. The van der Waals surface area contributed by atoms with E-state index < -0.39 is 0 Å². The highest BCUT2D eigenvalue weighted by Crippen LogP contribution is 2.30. The number of carbonyl (C=O) groups is 2. The van der Waals surface area contributed by atoms with Gasteiger partial charge in [0, 0.05) is 25.2 Å². The Kier molecular flexibility index (Phi) is 6.54. The molecule has 5 heteroatoms. The summed E-state index contributed by atoms with van der Waals surface area (Å²) in [6.45, 7) is 0. The van der Waals surface area contributed by atoms with E-state index in [1.807, 2.05) is 0 Å². The molecule has 5 nitrogen and oxygen atoms in total. The lowest BCUT2D eigenvalue weighted by atomic mass is 10.0. The Labute approximate surface area is 150 Å². The Morgan fingerprint density at radius 2 is 1.28 bits per heavy atom. The van der Waals surface area contributed by atoms with Crippen molar-refractivity contribution in [3.63, 3.8) is 0 Å². The van der Waals surface area contributed by atoms with E-state index in [0.29, 0.717) is 24.7 Å². The summed E-state index contributed by atoms with van der Waals surface area (Å²) in [5, 5.41) is 0. The standard InChI is InChI=1S/C20H29N3O2/c24-18(12-10-16-6-1-2-7-16)23(20-21-14-5-15-22-20)19(25)13-11-17-8-3-4-9-17/h5,14-17H,1-4,6-13H2. The normalized spacial score (nSPS) is 18.6. The fourth-order valence-corrected chi connectivity index (χ4v) is 4.25. The van der Waals surface area contributed by atoms with Crippen LogP contribution in [0.15, 0.2) is 18.5 Å². The second-order valence-electron chi connectivity index (χ2n) is 7.55. The van der Waals surface area contributed by atoms with Crippen molar-refractivity contribution in [3.05, 3.63) is 18.5 Å². The number of amides is 2. The third-order valence-electron chi connectivity index (χ3n) is 5.73. The second kappa shape index (κ2) is 9.07. The van der Waals surface area contributed by atoms with Gasteiger partial charge in [0.1, 0.15) is 0 Å². The van der Waals surface area contributed by atoms with Crippen LogP contribution in [0.3, 0.4) is 0 Å². The summed E-state index contributed by atoms with van der Waals surface area (Å²) in [6.07, 6.45) is 15.7. The van der Waals surface area contributed by atoms with Crippen molar-refractivity contribution in [2.75, 3.05) is 4.90 Å². The molecule has 0 bridgehead atoms. The Morgan fingerprint density at radius 3 is 1.72 bits per heavy atom. The molecule has 0 saturated heterocycles. The van der Waals surface area contributed by atoms with E-state index in [9.17, 15) is 9.59 Å². The molecule has 0 N–H and O–H groups in total. The average molecular weight is 343 g/mol. The Morgan fingerprint density at radius 1 is 0.840 bits per heavy atom. The molecule has 1 aromatic rings. The Balaban J connectivity index is 1.61. The summed E-state index contributed by atoms with van der Waals surface area (Å²) >= 11 is 0. The molecule has 1 aromatic heterocycles. The van der Waals surface area contributed by atoms with Crippen molar-refractivity contribution < 1.29 is 9.59 Å². The molecule has 1 heterocycles.